The van der Waals surface area contributed by atoms with Gasteiger partial charge in [-0.15, -0.1) is 11.8 Å². The maximum atomic E-state index is 5.53. The van der Waals surface area contributed by atoms with Gasteiger partial charge in [0.2, 0.25) is 0 Å². The maximum Gasteiger partial charge on any atom is 0.0751 e. The molecule has 0 atom stereocenters. The second-order valence-electron chi connectivity index (χ2n) is 5.09. The van der Waals surface area contributed by atoms with E-state index in [9.17, 15) is 0 Å². The van der Waals surface area contributed by atoms with Crippen molar-refractivity contribution in [1.82, 2.24) is 4.90 Å². The molecular weight excluding hydrogens is 234 g/mol. The summed E-state index contributed by atoms with van der Waals surface area (Å²) in [4.78, 5) is 3.62. The van der Waals surface area contributed by atoms with Crippen molar-refractivity contribution in [3.8, 4) is 0 Å². The summed E-state index contributed by atoms with van der Waals surface area (Å²) in [7, 11) is 0. The van der Waals surface area contributed by atoms with Crippen molar-refractivity contribution in [3.05, 3.63) is 10.6 Å². The second kappa shape index (κ2) is 6.06. The number of nitrogens with zero attached hydrogens (tertiary/aromatic N) is 1. The highest BCUT2D eigenvalue weighted by Gasteiger charge is 2.23. The van der Waals surface area contributed by atoms with Crippen molar-refractivity contribution in [2.45, 2.75) is 47.1 Å². The van der Waals surface area contributed by atoms with Crippen LogP contribution in [0.25, 0.3) is 0 Å². The van der Waals surface area contributed by atoms with Gasteiger partial charge in [0.1, 0.15) is 0 Å². The molecular formula is C13H23NS2. The Hall–Kier alpha value is -0.0200. The molecule has 1 fully saturated rings. The number of thiocarbonyl (C=S) groups is 1. The summed E-state index contributed by atoms with van der Waals surface area (Å²) >= 11 is 7.49. The molecule has 1 aliphatic heterocycles. The molecule has 1 heterocycles. The van der Waals surface area contributed by atoms with Crippen molar-refractivity contribution in [3.63, 3.8) is 0 Å². The fourth-order valence-corrected chi connectivity index (χ4v) is 3.67. The minimum absolute atomic E-state index is 0.585. The van der Waals surface area contributed by atoms with Crippen LogP contribution < -0.4 is 0 Å². The normalized spacial score (nSPS) is 19.8. The summed E-state index contributed by atoms with van der Waals surface area (Å²) in [6.07, 6.45) is 1.04. The van der Waals surface area contributed by atoms with Crippen molar-refractivity contribution >= 4 is 28.8 Å². The van der Waals surface area contributed by atoms with Gasteiger partial charge in [-0.1, -0.05) is 26.1 Å². The zero-order chi connectivity index (χ0) is 12.3. The summed E-state index contributed by atoms with van der Waals surface area (Å²) in [5.41, 5.74) is 1.33. The van der Waals surface area contributed by atoms with Crippen molar-refractivity contribution in [2.24, 2.45) is 5.92 Å². The summed E-state index contributed by atoms with van der Waals surface area (Å²) in [6.45, 7) is 12.3. The van der Waals surface area contributed by atoms with E-state index in [0.717, 1.165) is 11.3 Å². The lowest BCUT2D eigenvalue weighted by molar-refractivity contribution is 0.330. The molecule has 16 heavy (non-hydrogen) atoms. The van der Waals surface area contributed by atoms with E-state index in [1.807, 2.05) is 11.8 Å². The Morgan fingerprint density at radius 2 is 2.00 bits per heavy atom. The van der Waals surface area contributed by atoms with Crippen LogP contribution in [0.15, 0.2) is 10.6 Å². The van der Waals surface area contributed by atoms with Gasteiger partial charge in [-0.05, 0) is 38.7 Å². The molecule has 0 unspecified atom stereocenters. The molecule has 0 bridgehead atoms. The van der Waals surface area contributed by atoms with Crippen molar-refractivity contribution in [1.29, 1.82) is 0 Å². The van der Waals surface area contributed by atoms with Gasteiger partial charge >= 0.3 is 0 Å². The Balaban J connectivity index is 2.82. The van der Waals surface area contributed by atoms with E-state index in [4.69, 9.17) is 12.2 Å². The van der Waals surface area contributed by atoms with E-state index in [-0.39, 0.29) is 0 Å². The smallest absolute Gasteiger partial charge is 0.0751 e. The molecule has 0 saturated carbocycles. The van der Waals surface area contributed by atoms with Crippen molar-refractivity contribution < 1.29 is 0 Å². The van der Waals surface area contributed by atoms with Gasteiger partial charge in [-0.25, -0.2) is 0 Å². The molecule has 1 aliphatic rings. The first-order chi connectivity index (χ1) is 7.43. The number of rotatable bonds is 4. The predicted molar refractivity (Wildman–Crippen MR) is 79.1 cm³/mol. The Morgan fingerprint density at radius 3 is 2.50 bits per heavy atom. The Kier molecular flexibility index (Phi) is 5.32. The van der Waals surface area contributed by atoms with Gasteiger partial charge in [0.05, 0.1) is 5.03 Å². The third-order valence-corrected chi connectivity index (χ3v) is 4.46. The van der Waals surface area contributed by atoms with Crippen LogP contribution in [0.2, 0.25) is 0 Å². The van der Waals surface area contributed by atoms with Crippen LogP contribution in [0.5, 0.6) is 0 Å². The minimum Gasteiger partial charge on any atom is -0.363 e. The highest BCUT2D eigenvalue weighted by atomic mass is 32.2. The van der Waals surface area contributed by atoms with Gasteiger partial charge in [0, 0.05) is 23.2 Å². The van der Waals surface area contributed by atoms with E-state index in [0.29, 0.717) is 12.0 Å². The van der Waals surface area contributed by atoms with Crippen LogP contribution in [0.1, 0.15) is 41.0 Å². The molecule has 1 nitrogen and oxygen atoms in total. The molecule has 0 amide bonds. The zero-order valence-electron chi connectivity index (χ0n) is 11.0. The predicted octanol–water partition coefficient (Wildman–Crippen LogP) is 4.09. The molecule has 1 saturated heterocycles. The number of hydrogen-bond donors (Lipinski definition) is 0. The molecule has 0 spiro atoms. The topological polar surface area (TPSA) is 3.24 Å². The molecule has 0 aromatic heterocycles. The van der Waals surface area contributed by atoms with Crippen LogP contribution in [0.4, 0.5) is 0 Å². The first-order valence-electron chi connectivity index (χ1n) is 6.07. The average molecular weight is 257 g/mol. The first-order valence-corrected chi connectivity index (χ1v) is 7.46. The standard InChI is InChI=1S/C13H23NS2/c1-9(2)8-12(15)11(5)13-14(10(3)4)6-7-16-13/h9-10H,6-8H2,1-5H3/b13-11-. The van der Waals surface area contributed by atoms with Crippen LogP contribution in [0, 0.1) is 5.92 Å². The zero-order valence-corrected chi connectivity index (χ0v) is 12.7. The third-order valence-electron chi connectivity index (χ3n) is 2.79. The lowest BCUT2D eigenvalue weighted by atomic mass is 10.0. The molecule has 1 rings (SSSR count). The largest absolute Gasteiger partial charge is 0.363 e. The summed E-state index contributed by atoms with van der Waals surface area (Å²) in [5, 5.41) is 1.42. The fraction of sp³-hybridized carbons (Fsp3) is 0.769. The van der Waals surface area contributed by atoms with Gasteiger partial charge in [0.25, 0.3) is 0 Å². The molecule has 0 aromatic carbocycles. The molecule has 0 aromatic rings. The Labute approximate surface area is 110 Å². The number of allylic oxidation sites excluding steroid dienone is 1. The number of thioether (sulfide) groups is 1. The summed E-state index contributed by atoms with van der Waals surface area (Å²) in [6, 6.07) is 0.585. The maximum absolute atomic E-state index is 5.53. The molecule has 92 valence electrons. The Bertz CT molecular complexity index is 292. The third kappa shape index (κ3) is 3.49. The lowest BCUT2D eigenvalue weighted by Crippen LogP contribution is -2.27. The van der Waals surface area contributed by atoms with E-state index < -0.39 is 0 Å². The van der Waals surface area contributed by atoms with E-state index in [2.05, 4.69) is 39.5 Å². The molecule has 3 heteroatoms. The fourth-order valence-electron chi connectivity index (χ4n) is 1.88. The highest BCUT2D eigenvalue weighted by Crippen LogP contribution is 2.33. The Morgan fingerprint density at radius 1 is 1.38 bits per heavy atom. The van der Waals surface area contributed by atoms with E-state index in [1.165, 1.54) is 22.9 Å². The van der Waals surface area contributed by atoms with Crippen molar-refractivity contribution in [2.75, 3.05) is 12.3 Å². The monoisotopic (exact) mass is 257 g/mol. The lowest BCUT2D eigenvalue weighted by Gasteiger charge is -2.25. The second-order valence-corrected chi connectivity index (χ2v) is 6.66. The SMILES string of the molecule is C/C(C(=S)CC(C)C)=C1/SCCN1C(C)C. The van der Waals surface area contributed by atoms with Crippen LogP contribution in [0.3, 0.4) is 0 Å². The van der Waals surface area contributed by atoms with Gasteiger partial charge in [-0.2, -0.15) is 0 Å². The van der Waals surface area contributed by atoms with E-state index >= 15 is 0 Å². The average Bonchev–Trinajstić information content (AvgIpc) is 2.63. The van der Waals surface area contributed by atoms with Gasteiger partial charge in [0.15, 0.2) is 0 Å². The summed E-state index contributed by atoms with van der Waals surface area (Å²) < 4.78 is 0. The van der Waals surface area contributed by atoms with Gasteiger partial charge < -0.3 is 4.90 Å². The highest BCUT2D eigenvalue weighted by molar-refractivity contribution is 8.03. The quantitative estimate of drug-likeness (QED) is 0.551. The van der Waals surface area contributed by atoms with Gasteiger partial charge in [-0.3, -0.25) is 0 Å². The van der Waals surface area contributed by atoms with Crippen LogP contribution in [-0.4, -0.2) is 28.1 Å². The minimum atomic E-state index is 0.585. The van der Waals surface area contributed by atoms with E-state index in [1.54, 1.807) is 0 Å². The molecule has 0 aliphatic carbocycles. The molecule has 0 radical (unpaired) electrons. The summed E-state index contributed by atoms with van der Waals surface area (Å²) in [5.74, 6) is 1.86. The number of hydrogen-bond acceptors (Lipinski definition) is 3. The van der Waals surface area contributed by atoms with Crippen LogP contribution in [-0.2, 0) is 0 Å². The first kappa shape index (κ1) is 14.0. The molecule has 0 N–H and O–H groups in total. The van der Waals surface area contributed by atoms with Crippen LogP contribution >= 0.6 is 24.0 Å².